The van der Waals surface area contributed by atoms with Gasteiger partial charge in [0.25, 0.3) is 11.8 Å². The van der Waals surface area contributed by atoms with Crippen molar-refractivity contribution in [1.82, 2.24) is 32.3 Å². The molecule has 2 aromatic rings. The van der Waals surface area contributed by atoms with Gasteiger partial charge in [0.15, 0.2) is 6.35 Å². The van der Waals surface area contributed by atoms with E-state index in [1.165, 1.54) is 0 Å². The van der Waals surface area contributed by atoms with E-state index in [-0.39, 0.29) is 25.0 Å². The Morgan fingerprint density at radius 1 is 0.643 bits per heavy atom. The highest BCUT2D eigenvalue weighted by atomic mass is 16.6. The van der Waals surface area contributed by atoms with Gasteiger partial charge in [-0.3, -0.25) is 20.4 Å². The summed E-state index contributed by atoms with van der Waals surface area (Å²) in [4.78, 5) is 50.0. The number of carbonyl (C=O) groups is 4. The average Bonchev–Trinajstić information content (AvgIpc) is 2.96. The zero-order valence-corrected chi connectivity index (χ0v) is 24.4. The second kappa shape index (κ2) is 18.3. The van der Waals surface area contributed by atoms with E-state index in [2.05, 4.69) is 32.3 Å². The molecule has 13 heteroatoms. The maximum absolute atomic E-state index is 12.7. The van der Waals surface area contributed by atoms with Crippen LogP contribution in [-0.2, 0) is 32.3 Å². The lowest BCUT2D eigenvalue weighted by Gasteiger charge is -2.23. The fraction of sp³-hybridized carbons (Fsp3) is 0.448. The topological polar surface area (TPSA) is 179 Å². The van der Waals surface area contributed by atoms with Crippen LogP contribution in [0.25, 0.3) is 0 Å². The van der Waals surface area contributed by atoms with Crippen molar-refractivity contribution in [3.63, 3.8) is 0 Å². The maximum Gasteiger partial charge on any atom is 0.408 e. The molecule has 2 aromatic carbocycles. The first-order chi connectivity index (χ1) is 20.0. The van der Waals surface area contributed by atoms with E-state index in [4.69, 9.17) is 9.47 Å². The lowest BCUT2D eigenvalue weighted by Crippen LogP contribution is -2.61. The molecule has 230 valence electrons. The first-order valence-electron chi connectivity index (χ1n) is 13.8. The second-order valence-corrected chi connectivity index (χ2v) is 10.4. The molecule has 7 N–H and O–H groups in total. The molecular weight excluding hydrogens is 544 g/mol. The standard InChI is InChI=1S/C29H42N6O7/c1-19(2)15-23(30-28(39)41-17-21-11-7-5-8-12-21)25(36)32-34-27(38)35-33-26(37)24(16-20(3)4)31-29(40)42-18-22-13-9-6-10-14-22/h5-14,19-20,23-24,27,34-35,38H,15-18H2,1-4H3,(H,30,39)(H,31,40)(H,32,36)(H,33,37)/t23-,24-/m0/s1. The molecule has 4 amide bonds. The maximum atomic E-state index is 12.7. The summed E-state index contributed by atoms with van der Waals surface area (Å²) in [6, 6.07) is 16.3. The Kier molecular flexibility index (Phi) is 14.8. The quantitative estimate of drug-likeness (QED) is 0.115. The van der Waals surface area contributed by atoms with Crippen molar-refractivity contribution in [3.05, 3.63) is 71.8 Å². The molecule has 0 spiro atoms. The predicted octanol–water partition coefficient (Wildman–Crippen LogP) is 2.19. The molecular formula is C29H42N6O7. The summed E-state index contributed by atoms with van der Waals surface area (Å²) in [5.41, 5.74) is 10.8. The highest BCUT2D eigenvalue weighted by Gasteiger charge is 2.25. The van der Waals surface area contributed by atoms with E-state index in [1.54, 1.807) is 0 Å². The minimum absolute atomic E-state index is 0.0423. The summed E-state index contributed by atoms with van der Waals surface area (Å²) in [6.07, 6.45) is -2.53. The summed E-state index contributed by atoms with van der Waals surface area (Å²) >= 11 is 0. The molecule has 0 radical (unpaired) electrons. The van der Waals surface area contributed by atoms with Gasteiger partial charge in [-0.05, 0) is 35.8 Å². The molecule has 0 aliphatic rings. The third kappa shape index (κ3) is 13.9. The second-order valence-electron chi connectivity index (χ2n) is 10.4. The number of aliphatic hydroxyl groups excluding tert-OH is 1. The number of rotatable bonds is 16. The number of hydrazine groups is 2. The van der Waals surface area contributed by atoms with Gasteiger partial charge in [0.1, 0.15) is 25.3 Å². The first kappa shape index (κ1) is 34.0. The van der Waals surface area contributed by atoms with Crippen LogP contribution >= 0.6 is 0 Å². The highest BCUT2D eigenvalue weighted by molar-refractivity contribution is 5.86. The van der Waals surface area contributed by atoms with Crippen LogP contribution in [-0.4, -0.2) is 47.5 Å². The Labute approximate surface area is 246 Å². The fourth-order valence-corrected chi connectivity index (χ4v) is 3.71. The predicted molar refractivity (Wildman–Crippen MR) is 155 cm³/mol. The van der Waals surface area contributed by atoms with Crippen molar-refractivity contribution in [1.29, 1.82) is 0 Å². The number of amides is 4. The van der Waals surface area contributed by atoms with Gasteiger partial charge in [-0.1, -0.05) is 88.4 Å². The van der Waals surface area contributed by atoms with Gasteiger partial charge in [-0.15, -0.1) is 0 Å². The Morgan fingerprint density at radius 3 is 1.33 bits per heavy atom. The smallest absolute Gasteiger partial charge is 0.408 e. The summed E-state index contributed by atoms with van der Waals surface area (Å²) in [6.45, 7) is 7.62. The van der Waals surface area contributed by atoms with Gasteiger partial charge < -0.3 is 25.2 Å². The van der Waals surface area contributed by atoms with Crippen LogP contribution < -0.4 is 32.3 Å². The van der Waals surface area contributed by atoms with Gasteiger partial charge in [0.05, 0.1) is 0 Å². The minimum Gasteiger partial charge on any atom is -0.445 e. The third-order valence-corrected chi connectivity index (χ3v) is 5.72. The Hall–Kier alpha value is -4.20. The first-order valence-corrected chi connectivity index (χ1v) is 13.8. The SMILES string of the molecule is CC(C)C[C@H](NC(=O)OCc1ccccc1)C(=O)NNC(O)NNC(=O)[C@H](CC(C)C)NC(=O)OCc1ccccc1. The van der Waals surface area contributed by atoms with Gasteiger partial charge in [0.2, 0.25) is 0 Å². The molecule has 0 bridgehead atoms. The number of alkyl carbamates (subject to hydrolysis) is 2. The Balaban J connectivity index is 1.80. The zero-order valence-electron chi connectivity index (χ0n) is 24.4. The molecule has 0 aliphatic carbocycles. The molecule has 0 saturated carbocycles. The highest BCUT2D eigenvalue weighted by Crippen LogP contribution is 2.08. The van der Waals surface area contributed by atoms with Crippen molar-refractivity contribution in [2.24, 2.45) is 11.8 Å². The monoisotopic (exact) mass is 586 g/mol. The number of aliphatic hydroxyl groups is 1. The van der Waals surface area contributed by atoms with Crippen molar-refractivity contribution in [2.75, 3.05) is 0 Å². The molecule has 13 nitrogen and oxygen atoms in total. The molecule has 0 fully saturated rings. The van der Waals surface area contributed by atoms with Crippen LogP contribution in [0.3, 0.4) is 0 Å². The van der Waals surface area contributed by atoms with Gasteiger partial charge in [-0.2, -0.15) is 10.9 Å². The Morgan fingerprint density at radius 2 is 1.00 bits per heavy atom. The van der Waals surface area contributed by atoms with Crippen molar-refractivity contribution >= 4 is 24.0 Å². The van der Waals surface area contributed by atoms with E-state index in [0.717, 1.165) is 11.1 Å². The fourth-order valence-electron chi connectivity index (χ4n) is 3.71. The summed E-state index contributed by atoms with van der Waals surface area (Å²) in [5, 5.41) is 15.2. The zero-order chi connectivity index (χ0) is 30.9. The lowest BCUT2D eigenvalue weighted by molar-refractivity contribution is -0.127. The molecule has 0 unspecified atom stereocenters. The molecule has 42 heavy (non-hydrogen) atoms. The van der Waals surface area contributed by atoms with Crippen LogP contribution in [0, 0.1) is 11.8 Å². The van der Waals surface area contributed by atoms with E-state index in [9.17, 15) is 24.3 Å². The van der Waals surface area contributed by atoms with E-state index in [0.29, 0.717) is 12.8 Å². The van der Waals surface area contributed by atoms with Gasteiger partial charge in [0, 0.05) is 0 Å². The number of hydrogen-bond donors (Lipinski definition) is 7. The largest absolute Gasteiger partial charge is 0.445 e. The van der Waals surface area contributed by atoms with Crippen LogP contribution in [0.15, 0.2) is 60.7 Å². The summed E-state index contributed by atoms with van der Waals surface area (Å²) in [5.74, 6) is -1.15. The van der Waals surface area contributed by atoms with Crippen LogP contribution in [0.5, 0.6) is 0 Å². The minimum atomic E-state index is -1.60. The van der Waals surface area contributed by atoms with Crippen LogP contribution in [0.1, 0.15) is 51.7 Å². The summed E-state index contributed by atoms with van der Waals surface area (Å²) in [7, 11) is 0. The number of ether oxygens (including phenoxy) is 2. The van der Waals surface area contributed by atoms with Crippen molar-refractivity contribution in [3.8, 4) is 0 Å². The number of hydrogen-bond acceptors (Lipinski definition) is 9. The summed E-state index contributed by atoms with van der Waals surface area (Å²) < 4.78 is 10.4. The van der Waals surface area contributed by atoms with E-state index in [1.807, 2.05) is 88.4 Å². The molecule has 2 rings (SSSR count). The normalized spacial score (nSPS) is 12.4. The Bertz CT molecular complexity index is 1030. The average molecular weight is 587 g/mol. The molecule has 0 saturated heterocycles. The number of benzene rings is 2. The third-order valence-electron chi connectivity index (χ3n) is 5.72. The van der Waals surface area contributed by atoms with Crippen LogP contribution in [0.2, 0.25) is 0 Å². The van der Waals surface area contributed by atoms with Crippen molar-refractivity contribution < 1.29 is 33.8 Å². The molecule has 0 aliphatic heterocycles. The van der Waals surface area contributed by atoms with E-state index >= 15 is 0 Å². The van der Waals surface area contributed by atoms with Crippen molar-refractivity contribution in [2.45, 2.75) is 72.2 Å². The van der Waals surface area contributed by atoms with Gasteiger partial charge >= 0.3 is 12.2 Å². The molecule has 0 heterocycles. The lowest BCUT2D eigenvalue weighted by atomic mass is 10.0. The molecule has 0 aromatic heterocycles. The van der Waals surface area contributed by atoms with Gasteiger partial charge in [-0.25, -0.2) is 9.59 Å². The molecule has 2 atom stereocenters. The number of nitrogens with one attached hydrogen (secondary N) is 6. The van der Waals surface area contributed by atoms with E-state index < -0.39 is 42.4 Å². The van der Waals surface area contributed by atoms with Crippen LogP contribution in [0.4, 0.5) is 9.59 Å². The number of carbonyl (C=O) groups excluding carboxylic acids is 4.